The first-order chi connectivity index (χ1) is 7.28. The van der Waals surface area contributed by atoms with Crippen LogP contribution in [0.15, 0.2) is 24.3 Å². The quantitative estimate of drug-likeness (QED) is 0.813. The molecule has 1 atom stereocenters. The van der Waals surface area contributed by atoms with Gasteiger partial charge >= 0.3 is 6.09 Å². The van der Waals surface area contributed by atoms with Crippen molar-refractivity contribution in [3.05, 3.63) is 29.8 Å². The summed E-state index contributed by atoms with van der Waals surface area (Å²) in [5.41, 5.74) is 1.11. The van der Waals surface area contributed by atoms with Crippen molar-refractivity contribution in [2.24, 2.45) is 0 Å². The Hall–Kier alpha value is -1.71. The fourth-order valence-electron chi connectivity index (χ4n) is 1.61. The number of hydrogen-bond donors (Lipinski definition) is 1. The van der Waals surface area contributed by atoms with Gasteiger partial charge in [0, 0.05) is 6.42 Å². The van der Waals surface area contributed by atoms with Crippen LogP contribution in [0.1, 0.15) is 5.56 Å². The van der Waals surface area contributed by atoms with Crippen LogP contribution in [-0.2, 0) is 11.2 Å². The summed E-state index contributed by atoms with van der Waals surface area (Å²) in [6, 6.07) is 7.77. The highest BCUT2D eigenvalue weighted by molar-refractivity contribution is 5.69. The molecule has 1 aliphatic rings. The topological polar surface area (TPSA) is 47.6 Å². The van der Waals surface area contributed by atoms with E-state index >= 15 is 0 Å². The van der Waals surface area contributed by atoms with E-state index in [1.807, 2.05) is 24.3 Å². The molecule has 80 valence electrons. The van der Waals surface area contributed by atoms with Crippen molar-refractivity contribution in [1.82, 2.24) is 5.32 Å². The number of methoxy groups -OCH3 is 1. The van der Waals surface area contributed by atoms with Crippen molar-refractivity contribution in [2.75, 3.05) is 13.7 Å². The first-order valence-electron chi connectivity index (χ1n) is 4.85. The molecule has 15 heavy (non-hydrogen) atoms. The minimum Gasteiger partial charge on any atom is -0.497 e. The summed E-state index contributed by atoms with van der Waals surface area (Å²) < 4.78 is 10.2. The normalized spacial score (nSPS) is 19.5. The van der Waals surface area contributed by atoms with Crippen LogP contribution in [0, 0.1) is 0 Å². The monoisotopic (exact) mass is 207 g/mol. The summed E-state index contributed by atoms with van der Waals surface area (Å²) >= 11 is 0. The lowest BCUT2D eigenvalue weighted by Gasteiger charge is -2.08. The molecule has 1 heterocycles. The summed E-state index contributed by atoms with van der Waals surface area (Å²) in [5.74, 6) is 0.824. The van der Waals surface area contributed by atoms with Crippen molar-refractivity contribution >= 4 is 6.09 Å². The van der Waals surface area contributed by atoms with E-state index in [2.05, 4.69) is 5.32 Å². The van der Waals surface area contributed by atoms with Gasteiger partial charge in [0.15, 0.2) is 0 Å². The number of rotatable bonds is 3. The molecule has 0 radical (unpaired) electrons. The van der Waals surface area contributed by atoms with Gasteiger partial charge in [0.25, 0.3) is 0 Å². The predicted molar refractivity (Wildman–Crippen MR) is 55.0 cm³/mol. The number of hydrogen-bond acceptors (Lipinski definition) is 3. The Morgan fingerprint density at radius 1 is 1.60 bits per heavy atom. The molecule has 1 N–H and O–H groups in total. The molecule has 1 saturated heterocycles. The van der Waals surface area contributed by atoms with Gasteiger partial charge in [0.1, 0.15) is 11.9 Å². The van der Waals surface area contributed by atoms with E-state index in [4.69, 9.17) is 9.47 Å². The molecular formula is C11H13NO3. The zero-order valence-corrected chi connectivity index (χ0v) is 8.53. The first kappa shape index (κ1) is 9.83. The van der Waals surface area contributed by atoms with E-state index in [-0.39, 0.29) is 12.2 Å². The van der Waals surface area contributed by atoms with Crippen LogP contribution in [0.5, 0.6) is 5.75 Å². The Kier molecular flexibility index (Phi) is 2.76. The number of benzene rings is 1. The van der Waals surface area contributed by atoms with Crippen LogP contribution in [-0.4, -0.2) is 25.9 Å². The molecule has 1 aliphatic heterocycles. The Labute approximate surface area is 88.2 Å². The zero-order chi connectivity index (χ0) is 10.7. The standard InChI is InChI=1S/C11H13NO3/c1-14-9-4-2-3-8(5-9)6-10-7-12-11(13)15-10/h2-5,10H,6-7H2,1H3,(H,12,13). The fourth-order valence-corrected chi connectivity index (χ4v) is 1.61. The number of ether oxygens (including phenoxy) is 2. The van der Waals surface area contributed by atoms with Gasteiger partial charge in [-0.1, -0.05) is 12.1 Å². The van der Waals surface area contributed by atoms with Gasteiger partial charge in [0.05, 0.1) is 13.7 Å². The molecule has 1 amide bonds. The summed E-state index contributed by atoms with van der Waals surface area (Å²) in [6.07, 6.45) is 0.322. The van der Waals surface area contributed by atoms with E-state index in [0.29, 0.717) is 6.54 Å². The lowest BCUT2D eigenvalue weighted by molar-refractivity contribution is 0.140. The molecule has 0 saturated carbocycles. The highest BCUT2D eigenvalue weighted by Crippen LogP contribution is 2.15. The number of carbonyl (C=O) groups is 1. The largest absolute Gasteiger partial charge is 0.497 e. The van der Waals surface area contributed by atoms with Crippen LogP contribution < -0.4 is 10.1 Å². The van der Waals surface area contributed by atoms with E-state index < -0.39 is 0 Å². The van der Waals surface area contributed by atoms with Gasteiger partial charge < -0.3 is 14.8 Å². The van der Waals surface area contributed by atoms with Crippen LogP contribution in [0.2, 0.25) is 0 Å². The SMILES string of the molecule is COc1cccc(CC2CNC(=O)O2)c1. The van der Waals surface area contributed by atoms with Gasteiger partial charge in [-0.25, -0.2) is 4.79 Å². The minimum absolute atomic E-state index is 0.0652. The molecular weight excluding hydrogens is 194 g/mol. The van der Waals surface area contributed by atoms with E-state index in [9.17, 15) is 4.79 Å². The number of alkyl carbamates (subject to hydrolysis) is 1. The second kappa shape index (κ2) is 4.21. The van der Waals surface area contributed by atoms with Gasteiger partial charge in [-0.15, -0.1) is 0 Å². The van der Waals surface area contributed by atoms with Crippen molar-refractivity contribution in [1.29, 1.82) is 0 Å². The van der Waals surface area contributed by atoms with E-state index in [1.165, 1.54) is 0 Å². The molecule has 1 fully saturated rings. The summed E-state index contributed by atoms with van der Waals surface area (Å²) in [4.78, 5) is 10.8. The average Bonchev–Trinajstić information content (AvgIpc) is 2.64. The van der Waals surface area contributed by atoms with Gasteiger partial charge in [0.2, 0.25) is 0 Å². The molecule has 0 bridgehead atoms. The highest BCUT2D eigenvalue weighted by atomic mass is 16.6. The summed E-state index contributed by atoms with van der Waals surface area (Å²) in [6.45, 7) is 0.579. The van der Waals surface area contributed by atoms with Crippen LogP contribution >= 0.6 is 0 Å². The number of nitrogens with one attached hydrogen (secondary N) is 1. The van der Waals surface area contributed by atoms with Gasteiger partial charge in [-0.3, -0.25) is 0 Å². The molecule has 1 aromatic rings. The van der Waals surface area contributed by atoms with Crippen LogP contribution in [0.25, 0.3) is 0 Å². The maximum Gasteiger partial charge on any atom is 0.407 e. The second-order valence-corrected chi connectivity index (χ2v) is 3.46. The zero-order valence-electron chi connectivity index (χ0n) is 8.53. The number of cyclic esters (lactones) is 1. The summed E-state index contributed by atoms with van der Waals surface area (Å²) in [5, 5.41) is 2.63. The number of carbonyl (C=O) groups excluding carboxylic acids is 1. The molecule has 1 aromatic carbocycles. The van der Waals surface area contributed by atoms with E-state index in [0.717, 1.165) is 17.7 Å². The average molecular weight is 207 g/mol. The predicted octanol–water partition coefficient (Wildman–Crippen LogP) is 1.35. The third kappa shape index (κ3) is 2.40. The van der Waals surface area contributed by atoms with Crippen molar-refractivity contribution < 1.29 is 14.3 Å². The van der Waals surface area contributed by atoms with Gasteiger partial charge in [-0.2, -0.15) is 0 Å². The molecule has 0 aliphatic carbocycles. The maximum atomic E-state index is 10.8. The Bertz CT molecular complexity index is 365. The summed E-state index contributed by atoms with van der Waals surface area (Å²) in [7, 11) is 1.64. The van der Waals surface area contributed by atoms with Crippen molar-refractivity contribution in [3.63, 3.8) is 0 Å². The molecule has 0 spiro atoms. The molecule has 4 nitrogen and oxygen atoms in total. The molecule has 4 heteroatoms. The van der Waals surface area contributed by atoms with Crippen LogP contribution in [0.4, 0.5) is 4.79 Å². The Morgan fingerprint density at radius 2 is 2.47 bits per heavy atom. The molecule has 1 unspecified atom stereocenters. The maximum absolute atomic E-state index is 10.8. The number of amides is 1. The van der Waals surface area contributed by atoms with Gasteiger partial charge in [-0.05, 0) is 17.7 Å². The lowest BCUT2D eigenvalue weighted by Crippen LogP contribution is -2.16. The van der Waals surface area contributed by atoms with Crippen LogP contribution in [0.3, 0.4) is 0 Å². The first-order valence-corrected chi connectivity index (χ1v) is 4.85. The minimum atomic E-state index is -0.331. The van der Waals surface area contributed by atoms with Crippen molar-refractivity contribution in [2.45, 2.75) is 12.5 Å². The second-order valence-electron chi connectivity index (χ2n) is 3.46. The lowest BCUT2D eigenvalue weighted by atomic mass is 10.1. The third-order valence-electron chi connectivity index (χ3n) is 2.35. The Balaban J connectivity index is 2.01. The molecule has 0 aromatic heterocycles. The third-order valence-corrected chi connectivity index (χ3v) is 2.35. The Morgan fingerprint density at radius 3 is 3.13 bits per heavy atom. The fraction of sp³-hybridized carbons (Fsp3) is 0.364. The highest BCUT2D eigenvalue weighted by Gasteiger charge is 2.22. The smallest absolute Gasteiger partial charge is 0.407 e. The van der Waals surface area contributed by atoms with Crippen molar-refractivity contribution in [3.8, 4) is 5.75 Å². The molecule has 2 rings (SSSR count). The van der Waals surface area contributed by atoms with E-state index in [1.54, 1.807) is 7.11 Å².